The molecule has 0 fully saturated rings. The molecule has 1 atom stereocenters. The van der Waals surface area contributed by atoms with Crippen molar-refractivity contribution in [2.75, 3.05) is 40.0 Å². The summed E-state index contributed by atoms with van der Waals surface area (Å²) in [4.78, 5) is 0. The second kappa shape index (κ2) is 10.8. The molecule has 0 aliphatic carbocycles. The number of methoxy groups -OCH3 is 1. The highest BCUT2D eigenvalue weighted by Gasteiger charge is 2.23. The fourth-order valence-corrected chi connectivity index (χ4v) is 1.87. The van der Waals surface area contributed by atoms with Crippen LogP contribution < -0.4 is 5.32 Å². The van der Waals surface area contributed by atoms with Crippen molar-refractivity contribution in [2.45, 2.75) is 47.0 Å². The fourth-order valence-electron chi connectivity index (χ4n) is 1.87. The SMILES string of the molecule is CCCCOCCC(CNCCOC)C(C)(C)C. The molecule has 0 radical (unpaired) electrons. The van der Waals surface area contributed by atoms with Crippen LogP contribution in [0.3, 0.4) is 0 Å². The highest BCUT2D eigenvalue weighted by molar-refractivity contribution is 4.76. The van der Waals surface area contributed by atoms with Crippen LogP contribution in [0.25, 0.3) is 0 Å². The Balaban J connectivity index is 3.79. The van der Waals surface area contributed by atoms with Crippen molar-refractivity contribution in [1.29, 1.82) is 0 Å². The van der Waals surface area contributed by atoms with E-state index in [2.05, 4.69) is 33.0 Å². The Morgan fingerprint density at radius 2 is 1.83 bits per heavy atom. The standard InChI is InChI=1S/C15H33NO2/c1-6-7-10-18-11-8-14(15(2,3)4)13-16-9-12-17-5/h14,16H,6-13H2,1-5H3. The second-order valence-electron chi connectivity index (χ2n) is 6.01. The van der Waals surface area contributed by atoms with Crippen LogP contribution in [0.4, 0.5) is 0 Å². The van der Waals surface area contributed by atoms with Crippen LogP contribution in [0.1, 0.15) is 47.0 Å². The molecule has 0 rings (SSSR count). The molecule has 1 N–H and O–H groups in total. The number of unbranched alkanes of at least 4 members (excludes halogenated alkanes) is 1. The molecule has 0 spiro atoms. The summed E-state index contributed by atoms with van der Waals surface area (Å²) in [5.41, 5.74) is 0.328. The van der Waals surface area contributed by atoms with Gasteiger partial charge in [0.15, 0.2) is 0 Å². The van der Waals surface area contributed by atoms with Crippen LogP contribution in [-0.2, 0) is 9.47 Å². The lowest BCUT2D eigenvalue weighted by molar-refractivity contribution is 0.0936. The first-order valence-corrected chi connectivity index (χ1v) is 7.29. The molecule has 0 aromatic heterocycles. The lowest BCUT2D eigenvalue weighted by Crippen LogP contribution is -2.34. The molecule has 3 nitrogen and oxygen atoms in total. The molecule has 0 aliphatic rings. The maximum atomic E-state index is 5.67. The number of rotatable bonds is 11. The molecular formula is C15H33NO2. The van der Waals surface area contributed by atoms with Crippen molar-refractivity contribution in [1.82, 2.24) is 5.32 Å². The molecular weight excluding hydrogens is 226 g/mol. The topological polar surface area (TPSA) is 30.5 Å². The Morgan fingerprint density at radius 3 is 2.39 bits per heavy atom. The van der Waals surface area contributed by atoms with Crippen molar-refractivity contribution >= 4 is 0 Å². The molecule has 110 valence electrons. The van der Waals surface area contributed by atoms with E-state index in [9.17, 15) is 0 Å². The zero-order valence-corrected chi connectivity index (χ0v) is 13.1. The number of hydrogen-bond donors (Lipinski definition) is 1. The largest absolute Gasteiger partial charge is 0.383 e. The zero-order chi connectivity index (χ0) is 13.9. The maximum absolute atomic E-state index is 5.67. The Kier molecular flexibility index (Phi) is 10.7. The van der Waals surface area contributed by atoms with Gasteiger partial charge in [-0.1, -0.05) is 34.1 Å². The molecule has 0 saturated heterocycles. The van der Waals surface area contributed by atoms with Gasteiger partial charge in [0.05, 0.1) is 6.61 Å². The highest BCUT2D eigenvalue weighted by Crippen LogP contribution is 2.28. The molecule has 0 amide bonds. The summed E-state index contributed by atoms with van der Waals surface area (Å²) in [7, 11) is 1.74. The monoisotopic (exact) mass is 259 g/mol. The van der Waals surface area contributed by atoms with E-state index in [4.69, 9.17) is 9.47 Å². The average molecular weight is 259 g/mol. The van der Waals surface area contributed by atoms with Crippen molar-refractivity contribution < 1.29 is 9.47 Å². The lowest BCUT2D eigenvalue weighted by Gasteiger charge is -2.31. The fraction of sp³-hybridized carbons (Fsp3) is 1.00. The normalized spacial score (nSPS) is 13.8. The zero-order valence-electron chi connectivity index (χ0n) is 13.1. The first-order chi connectivity index (χ1) is 8.52. The molecule has 0 heterocycles. The Morgan fingerprint density at radius 1 is 1.11 bits per heavy atom. The third kappa shape index (κ3) is 9.86. The van der Waals surface area contributed by atoms with Crippen LogP contribution in [0.15, 0.2) is 0 Å². The van der Waals surface area contributed by atoms with Gasteiger partial charge in [-0.25, -0.2) is 0 Å². The number of hydrogen-bond acceptors (Lipinski definition) is 3. The molecule has 3 heteroatoms. The van der Waals surface area contributed by atoms with Crippen molar-refractivity contribution in [2.24, 2.45) is 11.3 Å². The van der Waals surface area contributed by atoms with Crippen LogP contribution >= 0.6 is 0 Å². The summed E-state index contributed by atoms with van der Waals surface area (Å²) >= 11 is 0. The summed E-state index contributed by atoms with van der Waals surface area (Å²) in [6.45, 7) is 13.7. The first kappa shape index (κ1) is 17.9. The molecule has 0 saturated carbocycles. The highest BCUT2D eigenvalue weighted by atomic mass is 16.5. The lowest BCUT2D eigenvalue weighted by atomic mass is 9.79. The van der Waals surface area contributed by atoms with E-state index in [1.165, 1.54) is 12.8 Å². The predicted octanol–water partition coefficient (Wildman–Crippen LogP) is 3.09. The summed E-state index contributed by atoms with van der Waals surface area (Å²) in [6.07, 6.45) is 3.51. The minimum Gasteiger partial charge on any atom is -0.383 e. The van der Waals surface area contributed by atoms with Gasteiger partial charge in [0, 0.05) is 26.9 Å². The van der Waals surface area contributed by atoms with Crippen LogP contribution in [-0.4, -0.2) is 40.0 Å². The maximum Gasteiger partial charge on any atom is 0.0587 e. The molecule has 18 heavy (non-hydrogen) atoms. The van der Waals surface area contributed by atoms with E-state index in [0.717, 1.165) is 39.3 Å². The van der Waals surface area contributed by atoms with Crippen molar-refractivity contribution in [3.8, 4) is 0 Å². The van der Waals surface area contributed by atoms with Gasteiger partial charge in [0.25, 0.3) is 0 Å². The molecule has 0 bridgehead atoms. The van der Waals surface area contributed by atoms with Crippen molar-refractivity contribution in [3.05, 3.63) is 0 Å². The van der Waals surface area contributed by atoms with Gasteiger partial charge in [-0.2, -0.15) is 0 Å². The average Bonchev–Trinajstić information content (AvgIpc) is 2.30. The quantitative estimate of drug-likeness (QED) is 0.578. The molecule has 0 aliphatic heterocycles. The van der Waals surface area contributed by atoms with Crippen LogP contribution in [0, 0.1) is 11.3 Å². The molecule has 1 unspecified atom stereocenters. The predicted molar refractivity (Wildman–Crippen MR) is 78.0 cm³/mol. The number of nitrogens with one attached hydrogen (secondary N) is 1. The Labute approximate surface area is 114 Å². The summed E-state index contributed by atoms with van der Waals surface area (Å²) in [5.74, 6) is 0.649. The summed E-state index contributed by atoms with van der Waals surface area (Å²) in [5, 5.41) is 3.46. The van der Waals surface area contributed by atoms with E-state index in [1.54, 1.807) is 7.11 Å². The number of ether oxygens (including phenoxy) is 2. The van der Waals surface area contributed by atoms with Gasteiger partial charge >= 0.3 is 0 Å². The molecule has 0 aromatic carbocycles. The van der Waals surface area contributed by atoms with E-state index < -0.39 is 0 Å². The van der Waals surface area contributed by atoms with E-state index in [-0.39, 0.29) is 0 Å². The third-order valence-electron chi connectivity index (χ3n) is 3.35. The molecule has 0 aromatic rings. The van der Waals surface area contributed by atoms with Crippen molar-refractivity contribution in [3.63, 3.8) is 0 Å². The minimum absolute atomic E-state index is 0.328. The minimum atomic E-state index is 0.328. The first-order valence-electron chi connectivity index (χ1n) is 7.29. The van der Waals surface area contributed by atoms with Gasteiger partial charge in [-0.05, 0) is 30.7 Å². The second-order valence-corrected chi connectivity index (χ2v) is 6.01. The van der Waals surface area contributed by atoms with Gasteiger partial charge in [-0.3, -0.25) is 0 Å². The Bertz CT molecular complexity index is 178. The summed E-state index contributed by atoms with van der Waals surface area (Å²) in [6, 6.07) is 0. The van der Waals surface area contributed by atoms with Gasteiger partial charge in [0.1, 0.15) is 0 Å². The Hall–Kier alpha value is -0.120. The summed E-state index contributed by atoms with van der Waals surface area (Å²) < 4.78 is 10.7. The van der Waals surface area contributed by atoms with Gasteiger partial charge < -0.3 is 14.8 Å². The van der Waals surface area contributed by atoms with Crippen LogP contribution in [0.5, 0.6) is 0 Å². The van der Waals surface area contributed by atoms with E-state index >= 15 is 0 Å². The smallest absolute Gasteiger partial charge is 0.0587 e. The van der Waals surface area contributed by atoms with Gasteiger partial charge in [-0.15, -0.1) is 0 Å². The van der Waals surface area contributed by atoms with E-state index in [0.29, 0.717) is 11.3 Å². The third-order valence-corrected chi connectivity index (χ3v) is 3.35. The van der Waals surface area contributed by atoms with Gasteiger partial charge in [0.2, 0.25) is 0 Å². The van der Waals surface area contributed by atoms with E-state index in [1.807, 2.05) is 0 Å². The van der Waals surface area contributed by atoms with Crippen LogP contribution in [0.2, 0.25) is 0 Å².